The second-order valence-electron chi connectivity index (χ2n) is 4.50. The van der Waals surface area contributed by atoms with Crippen molar-refractivity contribution >= 4 is 34.9 Å². The molecule has 0 unspecified atom stereocenters. The molecule has 0 aromatic carbocycles. The van der Waals surface area contributed by atoms with Gasteiger partial charge in [-0.15, -0.1) is 11.3 Å². The molecule has 0 aliphatic heterocycles. The standard InChI is InChI=1S/C11H13ClO4S/c1-11(2,3)6-5(9(13)14)8(12)17-7(6)10(15)16-4/h1-4H3,(H,13,14). The van der Waals surface area contributed by atoms with Crippen molar-refractivity contribution in [3.63, 3.8) is 0 Å². The number of methoxy groups -OCH3 is 1. The second kappa shape index (κ2) is 4.66. The van der Waals surface area contributed by atoms with E-state index in [1.54, 1.807) is 0 Å². The van der Waals surface area contributed by atoms with Crippen molar-refractivity contribution in [1.29, 1.82) is 0 Å². The highest BCUT2D eigenvalue weighted by molar-refractivity contribution is 7.18. The molecule has 0 aliphatic rings. The van der Waals surface area contributed by atoms with Crippen LogP contribution in [0.5, 0.6) is 0 Å². The van der Waals surface area contributed by atoms with Crippen LogP contribution in [0.3, 0.4) is 0 Å². The molecule has 0 bridgehead atoms. The Labute approximate surface area is 108 Å². The minimum absolute atomic E-state index is 0.00966. The van der Waals surface area contributed by atoms with E-state index >= 15 is 0 Å². The molecule has 1 aromatic heterocycles. The van der Waals surface area contributed by atoms with Gasteiger partial charge in [-0.1, -0.05) is 32.4 Å². The third-order valence-corrected chi connectivity index (χ3v) is 3.58. The van der Waals surface area contributed by atoms with E-state index in [1.807, 2.05) is 20.8 Å². The summed E-state index contributed by atoms with van der Waals surface area (Å²) >= 11 is 6.82. The lowest BCUT2D eigenvalue weighted by Crippen LogP contribution is -2.19. The zero-order valence-electron chi connectivity index (χ0n) is 9.96. The van der Waals surface area contributed by atoms with Crippen LogP contribution in [0.1, 0.15) is 46.4 Å². The summed E-state index contributed by atoms with van der Waals surface area (Å²) in [6.07, 6.45) is 0. The molecule has 0 atom stereocenters. The van der Waals surface area contributed by atoms with Crippen molar-refractivity contribution in [2.75, 3.05) is 7.11 Å². The normalized spacial score (nSPS) is 11.4. The lowest BCUT2D eigenvalue weighted by molar-refractivity contribution is 0.0604. The number of esters is 1. The summed E-state index contributed by atoms with van der Waals surface area (Å²) in [5, 5.41) is 9.15. The maximum absolute atomic E-state index is 11.6. The molecule has 1 rings (SSSR count). The third kappa shape index (κ3) is 2.61. The molecular weight excluding hydrogens is 264 g/mol. The van der Waals surface area contributed by atoms with E-state index < -0.39 is 17.4 Å². The van der Waals surface area contributed by atoms with Gasteiger partial charge in [0.2, 0.25) is 0 Å². The highest BCUT2D eigenvalue weighted by Gasteiger charge is 2.33. The van der Waals surface area contributed by atoms with Crippen molar-refractivity contribution in [3.8, 4) is 0 Å². The average molecular weight is 277 g/mol. The molecule has 0 aliphatic carbocycles. The van der Waals surface area contributed by atoms with Gasteiger partial charge in [-0.25, -0.2) is 9.59 Å². The van der Waals surface area contributed by atoms with E-state index in [0.29, 0.717) is 5.56 Å². The summed E-state index contributed by atoms with van der Waals surface area (Å²) in [4.78, 5) is 23.0. The Bertz CT molecular complexity index is 471. The molecule has 0 fully saturated rings. The number of rotatable bonds is 2. The molecule has 1 heterocycles. The summed E-state index contributed by atoms with van der Waals surface area (Å²) in [6.45, 7) is 5.47. The smallest absolute Gasteiger partial charge is 0.348 e. The molecule has 0 spiro atoms. The number of carboxylic acids is 1. The van der Waals surface area contributed by atoms with Gasteiger partial charge in [0.15, 0.2) is 0 Å². The SMILES string of the molecule is COC(=O)c1sc(Cl)c(C(=O)O)c1C(C)(C)C. The van der Waals surface area contributed by atoms with Gasteiger partial charge in [-0.3, -0.25) is 0 Å². The molecular formula is C11H13ClO4S. The zero-order chi connectivity index (χ0) is 13.4. The second-order valence-corrected chi connectivity index (χ2v) is 6.12. The van der Waals surface area contributed by atoms with Gasteiger partial charge in [0.1, 0.15) is 9.21 Å². The van der Waals surface area contributed by atoms with Gasteiger partial charge in [-0.2, -0.15) is 0 Å². The van der Waals surface area contributed by atoms with Gasteiger partial charge in [0.25, 0.3) is 0 Å². The minimum atomic E-state index is -1.13. The molecule has 0 amide bonds. The Balaban J connectivity index is 3.59. The molecule has 94 valence electrons. The fourth-order valence-electron chi connectivity index (χ4n) is 1.55. The van der Waals surface area contributed by atoms with Crippen LogP contribution in [0.4, 0.5) is 0 Å². The highest BCUT2D eigenvalue weighted by atomic mass is 35.5. The van der Waals surface area contributed by atoms with Crippen molar-refractivity contribution in [2.45, 2.75) is 26.2 Å². The average Bonchev–Trinajstić information content (AvgIpc) is 2.54. The first kappa shape index (κ1) is 14.0. The van der Waals surface area contributed by atoms with Crippen LogP contribution in [0.2, 0.25) is 4.34 Å². The van der Waals surface area contributed by atoms with Crippen molar-refractivity contribution in [3.05, 3.63) is 20.3 Å². The first-order valence-corrected chi connectivity index (χ1v) is 6.04. The number of carboxylic acid groups (broad SMARTS) is 1. The maximum Gasteiger partial charge on any atom is 0.348 e. The largest absolute Gasteiger partial charge is 0.478 e. The fourth-order valence-corrected chi connectivity index (χ4v) is 3.10. The number of hydrogen-bond donors (Lipinski definition) is 1. The van der Waals surface area contributed by atoms with E-state index in [0.717, 1.165) is 11.3 Å². The molecule has 1 aromatic rings. The van der Waals surface area contributed by atoms with Gasteiger partial charge >= 0.3 is 11.9 Å². The van der Waals surface area contributed by atoms with E-state index in [-0.39, 0.29) is 14.8 Å². The maximum atomic E-state index is 11.6. The number of aromatic carboxylic acids is 1. The molecule has 1 N–H and O–H groups in total. The molecule has 0 saturated heterocycles. The fraction of sp³-hybridized carbons (Fsp3) is 0.455. The summed E-state index contributed by atoms with van der Waals surface area (Å²) in [6, 6.07) is 0. The molecule has 17 heavy (non-hydrogen) atoms. The van der Waals surface area contributed by atoms with Gasteiger partial charge in [0.05, 0.1) is 12.7 Å². The van der Waals surface area contributed by atoms with Crippen molar-refractivity contribution in [2.24, 2.45) is 0 Å². The first-order valence-electron chi connectivity index (χ1n) is 4.84. The van der Waals surface area contributed by atoms with Gasteiger partial charge < -0.3 is 9.84 Å². The zero-order valence-corrected chi connectivity index (χ0v) is 11.5. The van der Waals surface area contributed by atoms with Crippen molar-refractivity contribution < 1.29 is 19.4 Å². The van der Waals surface area contributed by atoms with Crippen LogP contribution in [-0.2, 0) is 10.2 Å². The molecule has 0 saturated carbocycles. The van der Waals surface area contributed by atoms with Crippen LogP contribution in [0.15, 0.2) is 0 Å². The number of thiophene rings is 1. The number of halogens is 1. The lowest BCUT2D eigenvalue weighted by atomic mass is 9.84. The van der Waals surface area contributed by atoms with Crippen LogP contribution in [-0.4, -0.2) is 24.2 Å². The Morgan fingerprint density at radius 3 is 2.24 bits per heavy atom. The number of hydrogen-bond acceptors (Lipinski definition) is 4. The number of ether oxygens (including phenoxy) is 1. The minimum Gasteiger partial charge on any atom is -0.478 e. The van der Waals surface area contributed by atoms with Crippen LogP contribution in [0, 0.1) is 0 Å². The van der Waals surface area contributed by atoms with E-state index in [1.165, 1.54) is 7.11 Å². The van der Waals surface area contributed by atoms with E-state index in [2.05, 4.69) is 4.74 Å². The molecule has 6 heteroatoms. The summed E-state index contributed by atoms with van der Waals surface area (Å²) in [5.74, 6) is -1.69. The highest BCUT2D eigenvalue weighted by Crippen LogP contribution is 2.40. The predicted octanol–water partition coefficient (Wildman–Crippen LogP) is 3.18. The first-order chi connectivity index (χ1) is 7.70. The van der Waals surface area contributed by atoms with Crippen molar-refractivity contribution in [1.82, 2.24) is 0 Å². The van der Waals surface area contributed by atoms with E-state index in [9.17, 15) is 9.59 Å². The summed E-state index contributed by atoms with van der Waals surface area (Å²) in [5.41, 5.74) is -0.0858. The predicted molar refractivity (Wildman–Crippen MR) is 66.3 cm³/mol. The molecule has 0 radical (unpaired) electrons. The van der Waals surface area contributed by atoms with Crippen LogP contribution >= 0.6 is 22.9 Å². The number of carbonyl (C=O) groups is 2. The Morgan fingerprint density at radius 1 is 1.35 bits per heavy atom. The third-order valence-electron chi connectivity index (χ3n) is 2.20. The number of carbonyl (C=O) groups excluding carboxylic acids is 1. The van der Waals surface area contributed by atoms with Crippen LogP contribution in [0.25, 0.3) is 0 Å². The van der Waals surface area contributed by atoms with Crippen LogP contribution < -0.4 is 0 Å². The topological polar surface area (TPSA) is 63.6 Å². The van der Waals surface area contributed by atoms with E-state index in [4.69, 9.17) is 16.7 Å². The Kier molecular flexibility index (Phi) is 3.84. The van der Waals surface area contributed by atoms with Gasteiger partial charge in [-0.05, 0) is 11.0 Å². The summed E-state index contributed by atoms with van der Waals surface area (Å²) < 4.78 is 4.74. The van der Waals surface area contributed by atoms with Gasteiger partial charge in [0, 0.05) is 0 Å². The Morgan fingerprint density at radius 2 is 1.88 bits per heavy atom. The summed E-state index contributed by atoms with van der Waals surface area (Å²) in [7, 11) is 1.25. The molecule has 4 nitrogen and oxygen atoms in total. The Hall–Kier alpha value is -1.07. The monoisotopic (exact) mass is 276 g/mol. The lowest BCUT2D eigenvalue weighted by Gasteiger charge is -2.20. The quantitative estimate of drug-likeness (QED) is 0.843.